The highest BCUT2D eigenvalue weighted by molar-refractivity contribution is 7.92. The van der Waals surface area contributed by atoms with E-state index in [0.29, 0.717) is 25.3 Å². The number of aryl methyl sites for hydroxylation is 1. The van der Waals surface area contributed by atoms with Crippen LogP contribution in [0.1, 0.15) is 47.7 Å². The summed E-state index contributed by atoms with van der Waals surface area (Å²) < 4.78 is 65.4. The van der Waals surface area contributed by atoms with Crippen LogP contribution in [0.2, 0.25) is 0 Å². The second kappa shape index (κ2) is 6.09. The molecule has 0 amide bonds. The van der Waals surface area contributed by atoms with E-state index in [-0.39, 0.29) is 17.0 Å². The molecular formula is C15H16ClF3O3S. The fourth-order valence-electron chi connectivity index (χ4n) is 3.09. The van der Waals surface area contributed by atoms with E-state index < -0.39 is 37.0 Å². The van der Waals surface area contributed by atoms with Crippen molar-refractivity contribution in [1.29, 1.82) is 0 Å². The van der Waals surface area contributed by atoms with Gasteiger partial charge in [-0.1, -0.05) is 13.3 Å². The van der Waals surface area contributed by atoms with Crippen LogP contribution in [-0.4, -0.2) is 18.9 Å². The molecule has 1 aliphatic rings. The smallest absolute Gasteiger partial charge is 0.276 e. The third-order valence-corrected chi connectivity index (χ3v) is 6.98. The summed E-state index contributed by atoms with van der Waals surface area (Å²) in [5, 5.41) is -1.88. The molecule has 0 N–H and O–H groups in total. The number of hydrogen-bond acceptors (Lipinski definition) is 3. The van der Waals surface area contributed by atoms with Gasteiger partial charge in [-0.2, -0.15) is 13.2 Å². The Bertz CT molecular complexity index is 741. The monoisotopic (exact) mass is 368 g/mol. The quantitative estimate of drug-likeness (QED) is 0.745. The molecule has 0 spiro atoms. The Balaban J connectivity index is 2.71. The molecule has 0 aliphatic heterocycles. The van der Waals surface area contributed by atoms with E-state index in [4.69, 9.17) is 11.6 Å². The summed E-state index contributed by atoms with van der Waals surface area (Å²) in [6.07, 6.45) is -3.21. The molecule has 2 unspecified atom stereocenters. The minimum absolute atomic E-state index is 0.113. The molecule has 0 saturated heterocycles. The van der Waals surface area contributed by atoms with Crippen LogP contribution in [0.3, 0.4) is 0 Å². The van der Waals surface area contributed by atoms with Gasteiger partial charge in [-0.3, -0.25) is 4.79 Å². The van der Waals surface area contributed by atoms with Crippen LogP contribution in [0.25, 0.3) is 0 Å². The molecule has 1 fully saturated rings. The molecule has 1 aromatic rings. The van der Waals surface area contributed by atoms with Crippen molar-refractivity contribution in [2.45, 2.75) is 49.4 Å². The van der Waals surface area contributed by atoms with Gasteiger partial charge in [-0.05, 0) is 55.0 Å². The second-order valence-electron chi connectivity index (χ2n) is 5.93. The van der Waals surface area contributed by atoms with Crippen LogP contribution in [0.5, 0.6) is 0 Å². The zero-order valence-corrected chi connectivity index (χ0v) is 14.1. The van der Waals surface area contributed by atoms with Gasteiger partial charge in [0.1, 0.15) is 0 Å². The largest absolute Gasteiger partial charge is 0.417 e. The Morgan fingerprint density at radius 2 is 1.87 bits per heavy atom. The Morgan fingerprint density at radius 3 is 2.30 bits per heavy atom. The molecule has 1 aliphatic carbocycles. The molecule has 8 heteroatoms. The first-order valence-electron chi connectivity index (χ1n) is 7.12. The van der Waals surface area contributed by atoms with Gasteiger partial charge in [0.2, 0.25) is 0 Å². The van der Waals surface area contributed by atoms with Gasteiger partial charge in [0.25, 0.3) is 5.24 Å². The average molecular weight is 369 g/mol. The van der Waals surface area contributed by atoms with Crippen molar-refractivity contribution in [3.63, 3.8) is 0 Å². The van der Waals surface area contributed by atoms with Crippen molar-refractivity contribution in [3.05, 3.63) is 28.8 Å². The highest BCUT2D eigenvalue weighted by atomic mass is 35.5. The summed E-state index contributed by atoms with van der Waals surface area (Å²) in [6, 6.07) is 1.45. The van der Waals surface area contributed by atoms with E-state index in [1.165, 1.54) is 6.92 Å². The molecule has 128 valence electrons. The minimum Gasteiger partial charge on any atom is -0.276 e. The number of benzene rings is 1. The van der Waals surface area contributed by atoms with Gasteiger partial charge < -0.3 is 0 Å². The van der Waals surface area contributed by atoms with Crippen LogP contribution < -0.4 is 0 Å². The topological polar surface area (TPSA) is 51.2 Å². The first-order chi connectivity index (χ1) is 10.5. The lowest BCUT2D eigenvalue weighted by Gasteiger charge is -2.21. The third-order valence-electron chi connectivity index (χ3n) is 4.33. The lowest BCUT2D eigenvalue weighted by Crippen LogP contribution is -2.27. The van der Waals surface area contributed by atoms with E-state index >= 15 is 0 Å². The molecule has 2 atom stereocenters. The highest BCUT2D eigenvalue weighted by Crippen LogP contribution is 2.41. The third kappa shape index (κ3) is 3.40. The van der Waals surface area contributed by atoms with Crippen molar-refractivity contribution < 1.29 is 26.4 Å². The van der Waals surface area contributed by atoms with Crippen molar-refractivity contribution in [2.24, 2.45) is 5.92 Å². The predicted molar refractivity (Wildman–Crippen MR) is 80.4 cm³/mol. The van der Waals surface area contributed by atoms with Crippen LogP contribution in [-0.2, 0) is 16.0 Å². The predicted octanol–water partition coefficient (Wildman–Crippen LogP) is 4.36. The number of hydrogen-bond donors (Lipinski definition) is 0. The van der Waals surface area contributed by atoms with E-state index in [1.807, 2.05) is 0 Å². The van der Waals surface area contributed by atoms with Crippen molar-refractivity contribution in [1.82, 2.24) is 0 Å². The maximum atomic E-state index is 13.3. The Morgan fingerprint density at radius 1 is 1.26 bits per heavy atom. The molecule has 0 radical (unpaired) electrons. The van der Waals surface area contributed by atoms with Gasteiger partial charge in [0.15, 0.2) is 9.84 Å². The summed E-state index contributed by atoms with van der Waals surface area (Å²) >= 11 is 5.29. The van der Waals surface area contributed by atoms with Gasteiger partial charge in [0.05, 0.1) is 15.7 Å². The molecule has 3 nitrogen and oxygen atoms in total. The van der Waals surface area contributed by atoms with Crippen LogP contribution in [0.4, 0.5) is 13.2 Å². The number of alkyl halides is 3. The van der Waals surface area contributed by atoms with E-state index in [1.54, 1.807) is 6.92 Å². The zero-order valence-electron chi connectivity index (χ0n) is 12.6. The first kappa shape index (κ1) is 18.3. The van der Waals surface area contributed by atoms with E-state index in [2.05, 4.69) is 0 Å². The molecule has 2 rings (SSSR count). The molecule has 1 aromatic carbocycles. The van der Waals surface area contributed by atoms with Crippen LogP contribution in [0.15, 0.2) is 17.0 Å². The SMILES string of the molecule is Cc1cc(S(=O)(=O)C2CCCC2C)c(C(F)(F)F)cc1C(=O)Cl. The minimum atomic E-state index is -4.89. The van der Waals surface area contributed by atoms with Crippen molar-refractivity contribution >= 4 is 26.7 Å². The Labute approximate surface area is 137 Å². The van der Waals surface area contributed by atoms with E-state index in [0.717, 1.165) is 6.07 Å². The zero-order chi connectivity index (χ0) is 17.6. The second-order valence-corrected chi connectivity index (χ2v) is 8.41. The lowest BCUT2D eigenvalue weighted by atomic mass is 10.1. The fourth-order valence-corrected chi connectivity index (χ4v) is 5.66. The Hall–Kier alpha value is -1.08. The maximum absolute atomic E-state index is 13.3. The van der Waals surface area contributed by atoms with Crippen LogP contribution >= 0.6 is 11.6 Å². The summed E-state index contributed by atoms with van der Waals surface area (Å²) in [4.78, 5) is 10.5. The van der Waals surface area contributed by atoms with Gasteiger partial charge in [-0.25, -0.2) is 8.42 Å². The number of carbonyl (C=O) groups excluding carboxylic acids is 1. The molecule has 23 heavy (non-hydrogen) atoms. The fraction of sp³-hybridized carbons (Fsp3) is 0.533. The molecule has 0 bridgehead atoms. The van der Waals surface area contributed by atoms with Crippen molar-refractivity contribution in [2.75, 3.05) is 0 Å². The van der Waals surface area contributed by atoms with Gasteiger partial charge >= 0.3 is 6.18 Å². The standard InChI is InChI=1S/C15H16ClF3O3S/c1-8-4-3-5-12(8)23(21,22)13-6-9(2)10(14(16)20)7-11(13)15(17,18)19/h6-8,12H,3-5H2,1-2H3. The summed E-state index contributed by atoms with van der Waals surface area (Å²) in [7, 11) is -4.14. The van der Waals surface area contributed by atoms with Crippen molar-refractivity contribution in [3.8, 4) is 0 Å². The average Bonchev–Trinajstić information content (AvgIpc) is 2.83. The van der Waals surface area contributed by atoms with Crippen LogP contribution in [0, 0.1) is 12.8 Å². The molecule has 1 saturated carbocycles. The number of rotatable bonds is 3. The molecule has 0 heterocycles. The first-order valence-corrected chi connectivity index (χ1v) is 9.04. The molecular weight excluding hydrogens is 353 g/mol. The highest BCUT2D eigenvalue weighted by Gasteiger charge is 2.43. The summed E-state index contributed by atoms with van der Waals surface area (Å²) in [5.74, 6) is -0.198. The normalized spacial score (nSPS) is 22.3. The number of sulfone groups is 1. The van der Waals surface area contributed by atoms with E-state index in [9.17, 15) is 26.4 Å². The van der Waals surface area contributed by atoms with Gasteiger partial charge in [-0.15, -0.1) is 0 Å². The maximum Gasteiger partial charge on any atom is 0.417 e. The number of carbonyl (C=O) groups is 1. The number of halogens is 4. The lowest BCUT2D eigenvalue weighted by molar-refractivity contribution is -0.139. The Kier molecular flexibility index (Phi) is 4.84. The summed E-state index contributed by atoms with van der Waals surface area (Å²) in [6.45, 7) is 3.10. The van der Waals surface area contributed by atoms with Gasteiger partial charge in [0, 0.05) is 5.56 Å². The molecule has 0 aromatic heterocycles. The summed E-state index contributed by atoms with van der Waals surface area (Å²) in [5.41, 5.74) is -1.55.